The Morgan fingerprint density at radius 2 is 1.91 bits per heavy atom. The number of sulfone groups is 1. The van der Waals surface area contributed by atoms with E-state index >= 15 is 0 Å². The van der Waals surface area contributed by atoms with Gasteiger partial charge in [0.15, 0.2) is 9.84 Å². The second-order valence-electron chi connectivity index (χ2n) is 6.00. The monoisotopic (exact) mass is 338 g/mol. The van der Waals surface area contributed by atoms with E-state index in [0.29, 0.717) is 13.0 Å². The number of benzene rings is 1. The second kappa shape index (κ2) is 7.12. The number of hydrogen-bond donors (Lipinski definition) is 1. The number of rotatable bonds is 5. The van der Waals surface area contributed by atoms with Crippen LogP contribution in [0.4, 0.5) is 0 Å². The summed E-state index contributed by atoms with van der Waals surface area (Å²) in [6, 6.07) is 7.44. The summed E-state index contributed by atoms with van der Waals surface area (Å²) in [5, 5.41) is 2.71. The third-order valence-corrected chi connectivity index (χ3v) is 5.82. The number of aryl methyl sites for hydroxylation is 1. The molecule has 0 aliphatic carbocycles. The molecule has 2 amide bonds. The first-order valence-corrected chi connectivity index (χ1v) is 9.37. The summed E-state index contributed by atoms with van der Waals surface area (Å²) in [5.74, 6) is -0.619. The van der Waals surface area contributed by atoms with E-state index < -0.39 is 9.84 Å². The molecule has 1 N–H and O–H groups in total. The van der Waals surface area contributed by atoms with Crippen molar-refractivity contribution in [2.75, 3.05) is 18.6 Å². The lowest BCUT2D eigenvalue weighted by Crippen LogP contribution is -2.40. The summed E-state index contributed by atoms with van der Waals surface area (Å²) in [4.78, 5) is 25.3. The molecule has 23 heavy (non-hydrogen) atoms. The van der Waals surface area contributed by atoms with Gasteiger partial charge in [-0.2, -0.15) is 0 Å². The van der Waals surface area contributed by atoms with Crippen LogP contribution in [-0.4, -0.2) is 49.7 Å². The van der Waals surface area contributed by atoms with Gasteiger partial charge in [0.2, 0.25) is 11.8 Å². The molecule has 1 unspecified atom stereocenters. The van der Waals surface area contributed by atoms with Gasteiger partial charge in [-0.3, -0.25) is 9.59 Å². The number of carbonyl (C=O) groups is 2. The molecule has 1 aliphatic heterocycles. The van der Waals surface area contributed by atoms with E-state index in [2.05, 4.69) is 5.32 Å². The Kier molecular flexibility index (Phi) is 5.41. The fourth-order valence-corrected chi connectivity index (χ4v) is 4.29. The number of nitrogens with one attached hydrogen (secondary N) is 1. The fourth-order valence-electron chi connectivity index (χ4n) is 2.52. The average molecular weight is 338 g/mol. The SMILES string of the molecule is Cc1ccc(CNC(=O)CC(=O)N(C)C2CCS(=O)(=O)C2)cc1. The van der Waals surface area contributed by atoms with E-state index in [1.54, 1.807) is 7.05 Å². The molecule has 0 radical (unpaired) electrons. The molecule has 2 rings (SSSR count). The van der Waals surface area contributed by atoms with Gasteiger partial charge in [0.25, 0.3) is 0 Å². The van der Waals surface area contributed by atoms with E-state index in [0.717, 1.165) is 11.1 Å². The highest BCUT2D eigenvalue weighted by atomic mass is 32.2. The van der Waals surface area contributed by atoms with E-state index in [9.17, 15) is 18.0 Å². The second-order valence-corrected chi connectivity index (χ2v) is 8.23. The van der Waals surface area contributed by atoms with E-state index in [-0.39, 0.29) is 35.8 Å². The third-order valence-electron chi connectivity index (χ3n) is 4.07. The van der Waals surface area contributed by atoms with Crippen LogP contribution in [0.25, 0.3) is 0 Å². The van der Waals surface area contributed by atoms with E-state index in [1.807, 2.05) is 31.2 Å². The summed E-state index contributed by atoms with van der Waals surface area (Å²) in [5.41, 5.74) is 2.11. The van der Waals surface area contributed by atoms with Crippen molar-refractivity contribution < 1.29 is 18.0 Å². The minimum Gasteiger partial charge on any atom is -0.352 e. The van der Waals surface area contributed by atoms with Gasteiger partial charge in [-0.1, -0.05) is 29.8 Å². The molecule has 1 aromatic carbocycles. The highest BCUT2D eigenvalue weighted by Crippen LogP contribution is 2.17. The Balaban J connectivity index is 1.80. The van der Waals surface area contributed by atoms with Crippen LogP contribution in [0.3, 0.4) is 0 Å². The Labute approximate surface area is 136 Å². The van der Waals surface area contributed by atoms with Crippen LogP contribution in [0.5, 0.6) is 0 Å². The van der Waals surface area contributed by atoms with Crippen LogP contribution in [0.15, 0.2) is 24.3 Å². The maximum absolute atomic E-state index is 12.1. The van der Waals surface area contributed by atoms with Crippen LogP contribution in [0, 0.1) is 6.92 Å². The Morgan fingerprint density at radius 3 is 2.48 bits per heavy atom. The zero-order chi connectivity index (χ0) is 17.0. The highest BCUT2D eigenvalue weighted by molar-refractivity contribution is 7.91. The van der Waals surface area contributed by atoms with Crippen molar-refractivity contribution in [3.05, 3.63) is 35.4 Å². The molecule has 1 saturated heterocycles. The van der Waals surface area contributed by atoms with Crippen LogP contribution >= 0.6 is 0 Å². The lowest BCUT2D eigenvalue weighted by Gasteiger charge is -2.23. The fraction of sp³-hybridized carbons (Fsp3) is 0.500. The van der Waals surface area contributed by atoms with Crippen molar-refractivity contribution >= 4 is 21.7 Å². The largest absolute Gasteiger partial charge is 0.352 e. The number of nitrogens with zero attached hydrogens (tertiary/aromatic N) is 1. The maximum atomic E-state index is 12.1. The number of carbonyl (C=O) groups excluding carboxylic acids is 2. The van der Waals surface area contributed by atoms with Crippen molar-refractivity contribution in [2.45, 2.75) is 32.4 Å². The molecule has 1 fully saturated rings. The van der Waals surface area contributed by atoms with Crippen LogP contribution in [0.1, 0.15) is 24.0 Å². The van der Waals surface area contributed by atoms with Gasteiger partial charge in [0.1, 0.15) is 6.42 Å². The molecule has 0 saturated carbocycles. The first-order valence-electron chi connectivity index (χ1n) is 7.55. The molecule has 1 aromatic rings. The molecule has 1 heterocycles. The van der Waals surface area contributed by atoms with Crippen molar-refractivity contribution in [3.8, 4) is 0 Å². The van der Waals surface area contributed by atoms with E-state index in [4.69, 9.17) is 0 Å². The third kappa shape index (κ3) is 5.06. The molecule has 1 aliphatic rings. The van der Waals surface area contributed by atoms with Gasteiger partial charge in [-0.15, -0.1) is 0 Å². The zero-order valence-corrected chi connectivity index (χ0v) is 14.2. The molecule has 0 aromatic heterocycles. The predicted octanol–water partition coefficient (Wildman–Crippen LogP) is 0.647. The average Bonchev–Trinajstić information content (AvgIpc) is 2.86. The van der Waals surface area contributed by atoms with Gasteiger partial charge in [0, 0.05) is 19.6 Å². The molecule has 0 spiro atoms. The maximum Gasteiger partial charge on any atom is 0.232 e. The first-order chi connectivity index (χ1) is 10.8. The first kappa shape index (κ1) is 17.5. The van der Waals surface area contributed by atoms with E-state index in [1.165, 1.54) is 4.90 Å². The lowest BCUT2D eigenvalue weighted by molar-refractivity contribution is -0.136. The van der Waals surface area contributed by atoms with Crippen molar-refractivity contribution in [1.29, 1.82) is 0 Å². The molecule has 6 nitrogen and oxygen atoms in total. The number of amides is 2. The topological polar surface area (TPSA) is 83.6 Å². The highest BCUT2D eigenvalue weighted by Gasteiger charge is 2.33. The molecular formula is C16H22N2O4S. The molecule has 0 bridgehead atoms. The zero-order valence-electron chi connectivity index (χ0n) is 13.4. The normalized spacial score (nSPS) is 19.3. The Hall–Kier alpha value is -1.89. The van der Waals surface area contributed by atoms with Crippen molar-refractivity contribution in [1.82, 2.24) is 10.2 Å². The van der Waals surface area contributed by atoms with Gasteiger partial charge in [0.05, 0.1) is 11.5 Å². The standard InChI is InChI=1S/C16H22N2O4S/c1-12-3-5-13(6-4-12)10-17-15(19)9-16(20)18(2)14-7-8-23(21,22)11-14/h3-6,14H,7-11H2,1-2H3,(H,17,19). The van der Waals surface area contributed by atoms with Crippen LogP contribution in [0.2, 0.25) is 0 Å². The molecular weight excluding hydrogens is 316 g/mol. The minimum atomic E-state index is -3.05. The minimum absolute atomic E-state index is 0.0137. The van der Waals surface area contributed by atoms with Crippen LogP contribution in [-0.2, 0) is 26.0 Å². The van der Waals surface area contributed by atoms with Crippen LogP contribution < -0.4 is 5.32 Å². The van der Waals surface area contributed by atoms with Gasteiger partial charge >= 0.3 is 0 Å². The smallest absolute Gasteiger partial charge is 0.232 e. The predicted molar refractivity (Wildman–Crippen MR) is 87.5 cm³/mol. The van der Waals surface area contributed by atoms with Crippen molar-refractivity contribution in [2.24, 2.45) is 0 Å². The molecule has 1 atom stereocenters. The lowest BCUT2D eigenvalue weighted by atomic mass is 10.1. The van der Waals surface area contributed by atoms with Gasteiger partial charge in [-0.05, 0) is 18.9 Å². The number of hydrogen-bond acceptors (Lipinski definition) is 4. The Morgan fingerprint density at radius 1 is 1.26 bits per heavy atom. The summed E-state index contributed by atoms with van der Waals surface area (Å²) in [7, 11) is -1.49. The Bertz CT molecular complexity index is 683. The molecule has 126 valence electrons. The summed E-state index contributed by atoms with van der Waals surface area (Å²) in [6.45, 7) is 2.36. The summed E-state index contributed by atoms with van der Waals surface area (Å²) < 4.78 is 22.9. The van der Waals surface area contributed by atoms with Crippen molar-refractivity contribution in [3.63, 3.8) is 0 Å². The van der Waals surface area contributed by atoms with Gasteiger partial charge < -0.3 is 10.2 Å². The van der Waals surface area contributed by atoms with Gasteiger partial charge in [-0.25, -0.2) is 8.42 Å². The molecule has 7 heteroatoms. The summed E-state index contributed by atoms with van der Waals surface area (Å²) in [6.07, 6.45) is 0.175. The quantitative estimate of drug-likeness (QED) is 0.799. The summed E-state index contributed by atoms with van der Waals surface area (Å²) >= 11 is 0.